The summed E-state index contributed by atoms with van der Waals surface area (Å²) in [5.41, 5.74) is -0.0444. The molecule has 0 spiro atoms. The van der Waals surface area contributed by atoms with E-state index in [0.29, 0.717) is 64.2 Å². The third kappa shape index (κ3) is 5.70. The molecule has 0 bridgehead atoms. The Morgan fingerprint density at radius 3 is 2.24 bits per heavy atom. The lowest BCUT2D eigenvalue weighted by molar-refractivity contribution is -0.139. The predicted molar refractivity (Wildman–Crippen MR) is 102 cm³/mol. The molecule has 2 aliphatic heterocycles. The van der Waals surface area contributed by atoms with Crippen molar-refractivity contribution < 1.29 is 26.4 Å². The molecule has 0 aliphatic carbocycles. The first-order valence-electron chi connectivity index (χ1n) is 9.66. The number of piperidine rings is 1. The van der Waals surface area contributed by atoms with Crippen LogP contribution >= 0.6 is 0 Å². The first-order valence-corrected chi connectivity index (χ1v) is 11.5. The predicted octanol–water partition coefficient (Wildman–Crippen LogP) is 2.02. The number of alkyl halides is 3. The molecule has 29 heavy (non-hydrogen) atoms. The van der Waals surface area contributed by atoms with Gasteiger partial charge in [0.2, 0.25) is 15.9 Å². The van der Waals surface area contributed by atoms with E-state index in [2.05, 4.69) is 0 Å². The fourth-order valence-corrected chi connectivity index (χ4v) is 4.80. The van der Waals surface area contributed by atoms with Gasteiger partial charge in [-0.1, -0.05) is 18.2 Å². The standard InChI is InChI=1S/C19H26F3N3O3S/c1-29(27,28)25-7-5-16(6-8-25)18(26)24-11-9-23(10-12-24)14-15-3-2-4-17(13-15)19(20,21)22/h2-4,13,16H,5-12,14H2,1H3. The van der Waals surface area contributed by atoms with Gasteiger partial charge in [-0.15, -0.1) is 0 Å². The number of nitrogens with zero attached hydrogens (tertiary/aromatic N) is 3. The maximum Gasteiger partial charge on any atom is 0.416 e. The summed E-state index contributed by atoms with van der Waals surface area (Å²) in [6.45, 7) is 3.41. The van der Waals surface area contributed by atoms with E-state index in [-0.39, 0.29) is 11.8 Å². The van der Waals surface area contributed by atoms with Crippen LogP contribution in [0.3, 0.4) is 0 Å². The maximum atomic E-state index is 12.9. The van der Waals surface area contributed by atoms with Gasteiger partial charge in [-0.05, 0) is 24.5 Å². The Labute approximate surface area is 169 Å². The van der Waals surface area contributed by atoms with Crippen LogP contribution in [-0.4, -0.2) is 74.0 Å². The van der Waals surface area contributed by atoms with Crippen LogP contribution in [0.5, 0.6) is 0 Å². The minimum Gasteiger partial charge on any atom is -0.340 e. The van der Waals surface area contributed by atoms with Crippen molar-refractivity contribution in [2.24, 2.45) is 5.92 Å². The van der Waals surface area contributed by atoms with Crippen LogP contribution in [-0.2, 0) is 27.5 Å². The zero-order valence-electron chi connectivity index (χ0n) is 16.4. The van der Waals surface area contributed by atoms with E-state index in [0.717, 1.165) is 6.07 Å². The van der Waals surface area contributed by atoms with E-state index in [1.807, 2.05) is 4.90 Å². The molecule has 2 heterocycles. The Kier molecular flexibility index (Phi) is 6.54. The zero-order valence-corrected chi connectivity index (χ0v) is 17.2. The number of sulfonamides is 1. The topological polar surface area (TPSA) is 60.9 Å². The van der Waals surface area contributed by atoms with Crippen molar-refractivity contribution in [1.29, 1.82) is 0 Å². The van der Waals surface area contributed by atoms with Crippen LogP contribution in [0.2, 0.25) is 0 Å². The molecule has 0 radical (unpaired) electrons. The number of benzene rings is 1. The van der Waals surface area contributed by atoms with E-state index in [1.54, 1.807) is 11.0 Å². The number of carbonyl (C=O) groups is 1. The van der Waals surface area contributed by atoms with Gasteiger partial charge in [0.05, 0.1) is 11.8 Å². The van der Waals surface area contributed by atoms with Crippen LogP contribution in [0.25, 0.3) is 0 Å². The molecular weight excluding hydrogens is 407 g/mol. The summed E-state index contributed by atoms with van der Waals surface area (Å²) in [6, 6.07) is 5.34. The minimum absolute atomic E-state index is 0.0527. The molecule has 3 rings (SSSR count). The fraction of sp³-hybridized carbons (Fsp3) is 0.632. The van der Waals surface area contributed by atoms with Gasteiger partial charge in [0.25, 0.3) is 0 Å². The highest BCUT2D eigenvalue weighted by atomic mass is 32.2. The molecule has 162 valence electrons. The molecule has 0 atom stereocenters. The quantitative estimate of drug-likeness (QED) is 0.729. The number of hydrogen-bond acceptors (Lipinski definition) is 4. The number of rotatable bonds is 4. The molecule has 0 unspecified atom stereocenters. The summed E-state index contributed by atoms with van der Waals surface area (Å²) in [5, 5.41) is 0. The van der Waals surface area contributed by atoms with Gasteiger partial charge in [0.1, 0.15) is 0 Å². The van der Waals surface area contributed by atoms with Crippen molar-refractivity contribution in [3.63, 3.8) is 0 Å². The smallest absolute Gasteiger partial charge is 0.340 e. The van der Waals surface area contributed by atoms with Crippen LogP contribution in [0.1, 0.15) is 24.0 Å². The lowest BCUT2D eigenvalue weighted by Crippen LogP contribution is -2.51. The van der Waals surface area contributed by atoms with Crippen LogP contribution < -0.4 is 0 Å². The third-order valence-corrected chi connectivity index (χ3v) is 6.92. The molecule has 1 aromatic carbocycles. The van der Waals surface area contributed by atoms with Gasteiger partial charge in [0, 0.05) is 51.7 Å². The highest BCUT2D eigenvalue weighted by Crippen LogP contribution is 2.30. The van der Waals surface area contributed by atoms with E-state index in [4.69, 9.17) is 0 Å². The van der Waals surface area contributed by atoms with Crippen LogP contribution in [0.4, 0.5) is 13.2 Å². The van der Waals surface area contributed by atoms with Crippen molar-refractivity contribution in [3.8, 4) is 0 Å². The number of halogens is 3. The SMILES string of the molecule is CS(=O)(=O)N1CCC(C(=O)N2CCN(Cc3cccc(C(F)(F)F)c3)CC2)CC1. The first kappa shape index (κ1) is 22.0. The molecule has 2 aliphatic rings. The number of hydrogen-bond donors (Lipinski definition) is 0. The van der Waals surface area contributed by atoms with E-state index >= 15 is 0 Å². The van der Waals surface area contributed by atoms with Gasteiger partial charge in [-0.25, -0.2) is 12.7 Å². The van der Waals surface area contributed by atoms with Crippen molar-refractivity contribution in [3.05, 3.63) is 35.4 Å². The Morgan fingerprint density at radius 1 is 1.07 bits per heavy atom. The van der Waals surface area contributed by atoms with Crippen molar-refractivity contribution in [2.45, 2.75) is 25.6 Å². The van der Waals surface area contributed by atoms with Gasteiger partial charge in [0.15, 0.2) is 0 Å². The number of amides is 1. The summed E-state index contributed by atoms with van der Waals surface area (Å²) in [5.74, 6) is -0.111. The zero-order chi connectivity index (χ0) is 21.2. The lowest BCUT2D eigenvalue weighted by atomic mass is 9.96. The molecule has 0 aromatic heterocycles. The fourth-order valence-electron chi connectivity index (χ4n) is 3.92. The van der Waals surface area contributed by atoms with Crippen molar-refractivity contribution in [2.75, 3.05) is 45.5 Å². The summed E-state index contributed by atoms with van der Waals surface area (Å²) >= 11 is 0. The Bertz CT molecular complexity index is 829. The Morgan fingerprint density at radius 2 is 1.69 bits per heavy atom. The molecule has 1 aromatic rings. The van der Waals surface area contributed by atoms with E-state index in [1.165, 1.54) is 22.7 Å². The first-order chi connectivity index (χ1) is 13.5. The summed E-state index contributed by atoms with van der Waals surface area (Å²) in [6.07, 6.45) is -2.13. The molecule has 0 N–H and O–H groups in total. The minimum atomic E-state index is -4.35. The second-order valence-corrected chi connectivity index (χ2v) is 9.72. The maximum absolute atomic E-state index is 12.9. The average molecular weight is 433 g/mol. The Balaban J connectivity index is 1.49. The van der Waals surface area contributed by atoms with Gasteiger partial charge in [-0.3, -0.25) is 9.69 Å². The second-order valence-electron chi connectivity index (χ2n) is 7.74. The second kappa shape index (κ2) is 8.61. The molecule has 6 nitrogen and oxygen atoms in total. The molecule has 0 saturated carbocycles. The third-order valence-electron chi connectivity index (χ3n) is 5.62. The number of piperazine rings is 1. The van der Waals surface area contributed by atoms with Crippen molar-refractivity contribution >= 4 is 15.9 Å². The summed E-state index contributed by atoms with van der Waals surface area (Å²) in [4.78, 5) is 16.6. The molecule has 2 fully saturated rings. The molecule has 1 amide bonds. The molecule has 10 heteroatoms. The van der Waals surface area contributed by atoms with Gasteiger partial charge in [-0.2, -0.15) is 13.2 Å². The Hall–Kier alpha value is -1.65. The van der Waals surface area contributed by atoms with Gasteiger partial charge < -0.3 is 4.90 Å². The van der Waals surface area contributed by atoms with Crippen molar-refractivity contribution in [1.82, 2.24) is 14.1 Å². The monoisotopic (exact) mass is 433 g/mol. The van der Waals surface area contributed by atoms with Crippen LogP contribution in [0, 0.1) is 5.92 Å². The summed E-state index contributed by atoms with van der Waals surface area (Å²) in [7, 11) is -3.22. The van der Waals surface area contributed by atoms with E-state index < -0.39 is 21.8 Å². The summed E-state index contributed by atoms with van der Waals surface area (Å²) < 4.78 is 63.2. The largest absolute Gasteiger partial charge is 0.416 e. The lowest BCUT2D eigenvalue weighted by Gasteiger charge is -2.38. The van der Waals surface area contributed by atoms with Gasteiger partial charge >= 0.3 is 6.18 Å². The van der Waals surface area contributed by atoms with E-state index in [9.17, 15) is 26.4 Å². The molecular formula is C19H26F3N3O3S. The highest BCUT2D eigenvalue weighted by molar-refractivity contribution is 7.88. The normalized spacial score (nSPS) is 20.8. The molecule has 2 saturated heterocycles. The highest BCUT2D eigenvalue weighted by Gasteiger charge is 2.33. The average Bonchev–Trinajstić information content (AvgIpc) is 2.67. The van der Waals surface area contributed by atoms with Crippen LogP contribution in [0.15, 0.2) is 24.3 Å². The number of carbonyl (C=O) groups excluding carboxylic acids is 1.